The second kappa shape index (κ2) is 11.8. The van der Waals surface area contributed by atoms with Gasteiger partial charge in [0.05, 0.1) is 22.8 Å². The normalized spacial score (nSPS) is 24.3. The molecule has 8 heteroatoms. The van der Waals surface area contributed by atoms with Crippen LogP contribution in [-0.2, 0) is 15.9 Å². The Morgan fingerprint density at radius 2 is 2.11 bits per heavy atom. The molecule has 2 heterocycles. The van der Waals surface area contributed by atoms with E-state index in [0.717, 1.165) is 24.9 Å². The molecule has 5 nitrogen and oxygen atoms in total. The minimum absolute atomic E-state index is 0.0192. The smallest absolute Gasteiger partial charge is 0.198 e. The summed E-state index contributed by atoms with van der Waals surface area (Å²) in [6, 6.07) is 10.9. The lowest BCUT2D eigenvalue weighted by Gasteiger charge is -2.18. The number of ether oxygens (including phenoxy) is 2. The number of hydrogen-bond acceptors (Lipinski definition) is 7. The molecule has 0 saturated heterocycles. The molecule has 1 saturated carbocycles. The zero-order valence-electron chi connectivity index (χ0n) is 21.9. The van der Waals surface area contributed by atoms with Crippen LogP contribution in [0.1, 0.15) is 47.1 Å². The third-order valence-electron chi connectivity index (χ3n) is 7.27. The zero-order valence-corrected chi connectivity index (χ0v) is 24.3. The summed E-state index contributed by atoms with van der Waals surface area (Å²) in [5.74, 6) is -0.450. The van der Waals surface area contributed by atoms with Crippen LogP contribution in [0.25, 0.3) is 10.4 Å². The number of nitrogens with zero attached hydrogens (tertiary/aromatic N) is 1. The molecular weight excluding hydrogens is 536 g/mol. The minimum Gasteiger partial charge on any atom is -0.375 e. The fourth-order valence-corrected chi connectivity index (χ4v) is 6.92. The van der Waals surface area contributed by atoms with Crippen molar-refractivity contribution in [3.05, 3.63) is 81.2 Å². The molecule has 1 fully saturated rings. The largest absolute Gasteiger partial charge is 0.375 e. The lowest BCUT2D eigenvalue weighted by Crippen LogP contribution is -2.26. The standard InChI is InChI=1S/C30H33ClN2O3S2/c1-4-36-30(35-3)28(22-12-14-23(31)15-13-22)29(30)33-24-16-27(38-19(24)2)21-10-8-20(9-11-21)6-5-7-26(34)25-17-37-18-32-25/h8-14,16-18,23,28-29,33H,4-7,15H2,1-3H3/t23?,28?,29-,30?/m0/s1. The number of ketones is 1. The predicted molar refractivity (Wildman–Crippen MR) is 158 cm³/mol. The second-order valence-electron chi connectivity index (χ2n) is 9.70. The first kappa shape index (κ1) is 27.3. The number of halogens is 1. The van der Waals surface area contributed by atoms with Crippen LogP contribution < -0.4 is 5.32 Å². The summed E-state index contributed by atoms with van der Waals surface area (Å²) in [4.78, 5) is 18.7. The number of anilines is 1. The minimum atomic E-state index is -0.679. The van der Waals surface area contributed by atoms with E-state index in [0.29, 0.717) is 18.7 Å². The lowest BCUT2D eigenvalue weighted by molar-refractivity contribution is -0.154. The molecule has 3 unspecified atom stereocenters. The lowest BCUT2D eigenvalue weighted by atomic mass is 10.0. The Morgan fingerprint density at radius 1 is 1.29 bits per heavy atom. The van der Waals surface area contributed by atoms with Crippen LogP contribution in [0.3, 0.4) is 0 Å². The maximum absolute atomic E-state index is 12.2. The summed E-state index contributed by atoms with van der Waals surface area (Å²) in [5, 5.41) is 5.60. The van der Waals surface area contributed by atoms with Crippen LogP contribution >= 0.6 is 34.3 Å². The molecule has 1 aromatic carbocycles. The van der Waals surface area contributed by atoms with Gasteiger partial charge in [-0.2, -0.15) is 0 Å². The number of methoxy groups -OCH3 is 1. The molecule has 2 aliphatic carbocycles. The highest BCUT2D eigenvalue weighted by Gasteiger charge is 2.69. The molecule has 0 aliphatic heterocycles. The van der Waals surface area contributed by atoms with E-state index in [1.165, 1.54) is 37.8 Å². The molecule has 0 bridgehead atoms. The number of benzene rings is 1. The fraction of sp³-hybridized carbons (Fsp3) is 0.400. The number of rotatable bonds is 12. The Hall–Kier alpha value is -2.29. The van der Waals surface area contributed by atoms with E-state index in [1.807, 2.05) is 12.3 Å². The number of nitrogens with one attached hydrogen (secondary N) is 1. The molecule has 4 atom stereocenters. The molecule has 200 valence electrons. The first-order chi connectivity index (χ1) is 18.4. The van der Waals surface area contributed by atoms with Gasteiger partial charge in [-0.1, -0.05) is 42.5 Å². The fourth-order valence-electron chi connectivity index (χ4n) is 5.21. The van der Waals surface area contributed by atoms with Crippen molar-refractivity contribution in [1.29, 1.82) is 0 Å². The van der Waals surface area contributed by atoms with Gasteiger partial charge in [0.15, 0.2) is 11.6 Å². The number of aromatic nitrogens is 1. The Kier molecular flexibility index (Phi) is 8.50. The number of thiazole rings is 1. The predicted octanol–water partition coefficient (Wildman–Crippen LogP) is 7.67. The molecule has 0 spiro atoms. The van der Waals surface area contributed by atoms with E-state index < -0.39 is 5.79 Å². The van der Waals surface area contributed by atoms with Crippen LogP contribution in [0.15, 0.2) is 65.0 Å². The highest BCUT2D eigenvalue weighted by Crippen LogP contribution is 2.55. The van der Waals surface area contributed by atoms with Gasteiger partial charge in [0, 0.05) is 41.0 Å². The van der Waals surface area contributed by atoms with Crippen molar-refractivity contribution in [1.82, 2.24) is 4.98 Å². The average Bonchev–Trinajstić information content (AvgIpc) is 3.26. The van der Waals surface area contributed by atoms with Gasteiger partial charge >= 0.3 is 0 Å². The SMILES string of the molecule is CCOC1(OC)C(C2=CCC(Cl)C=C2)[C@@H]1Nc1cc(-c2ccc(CCCC(=O)c3cscn3)cc2)sc1C. The zero-order chi connectivity index (χ0) is 26.7. The third kappa shape index (κ3) is 5.68. The van der Waals surface area contributed by atoms with Gasteiger partial charge in [-0.15, -0.1) is 34.3 Å². The molecule has 38 heavy (non-hydrogen) atoms. The Morgan fingerprint density at radius 3 is 2.76 bits per heavy atom. The van der Waals surface area contributed by atoms with Crippen molar-refractivity contribution in [3.63, 3.8) is 0 Å². The van der Waals surface area contributed by atoms with E-state index >= 15 is 0 Å². The van der Waals surface area contributed by atoms with Gasteiger partial charge in [0.25, 0.3) is 0 Å². The number of Topliss-reactive ketones (excluding diaryl/α,β-unsaturated/α-hetero) is 1. The third-order valence-corrected chi connectivity index (χ3v) is 9.28. The van der Waals surface area contributed by atoms with Crippen molar-refractivity contribution < 1.29 is 14.3 Å². The summed E-state index contributed by atoms with van der Waals surface area (Å²) in [5.41, 5.74) is 7.04. The van der Waals surface area contributed by atoms with E-state index in [-0.39, 0.29) is 23.1 Å². The van der Waals surface area contributed by atoms with Crippen molar-refractivity contribution in [2.75, 3.05) is 19.0 Å². The molecule has 3 aromatic rings. The van der Waals surface area contributed by atoms with Crippen LogP contribution in [0.2, 0.25) is 0 Å². The van der Waals surface area contributed by atoms with Gasteiger partial charge in [-0.05, 0) is 55.9 Å². The number of hydrogen-bond donors (Lipinski definition) is 1. The van der Waals surface area contributed by atoms with Gasteiger partial charge in [0.1, 0.15) is 5.69 Å². The molecule has 2 aromatic heterocycles. The number of carbonyl (C=O) groups excluding carboxylic acids is 1. The first-order valence-corrected chi connectivity index (χ1v) is 15.2. The number of alkyl halides is 1. The summed E-state index contributed by atoms with van der Waals surface area (Å²) >= 11 is 9.50. The Balaban J connectivity index is 1.24. The summed E-state index contributed by atoms with van der Waals surface area (Å²) < 4.78 is 12.1. The highest BCUT2D eigenvalue weighted by molar-refractivity contribution is 7.16. The number of thiophene rings is 1. The van der Waals surface area contributed by atoms with Crippen LogP contribution in [-0.4, -0.2) is 41.7 Å². The van der Waals surface area contributed by atoms with Gasteiger partial charge in [0.2, 0.25) is 0 Å². The number of allylic oxidation sites excluding steroid dienone is 3. The van der Waals surface area contributed by atoms with E-state index in [1.54, 1.807) is 24.0 Å². The van der Waals surface area contributed by atoms with E-state index in [9.17, 15) is 4.79 Å². The summed E-state index contributed by atoms with van der Waals surface area (Å²) in [6.07, 6.45) is 9.42. The topological polar surface area (TPSA) is 60.5 Å². The number of aryl methyl sites for hydroxylation is 2. The van der Waals surface area contributed by atoms with Crippen molar-refractivity contribution >= 4 is 45.7 Å². The maximum atomic E-state index is 12.2. The van der Waals surface area contributed by atoms with Crippen LogP contribution in [0, 0.1) is 12.8 Å². The molecule has 0 radical (unpaired) electrons. The van der Waals surface area contributed by atoms with Crippen molar-refractivity contribution in [3.8, 4) is 10.4 Å². The van der Waals surface area contributed by atoms with Gasteiger partial charge in [-0.25, -0.2) is 4.98 Å². The van der Waals surface area contributed by atoms with Crippen LogP contribution in [0.5, 0.6) is 0 Å². The van der Waals surface area contributed by atoms with Crippen molar-refractivity contribution in [2.24, 2.45) is 5.92 Å². The van der Waals surface area contributed by atoms with E-state index in [2.05, 4.69) is 65.8 Å². The van der Waals surface area contributed by atoms with Crippen molar-refractivity contribution in [2.45, 2.75) is 56.7 Å². The summed E-state index contributed by atoms with van der Waals surface area (Å²) in [7, 11) is 1.73. The Bertz CT molecular complexity index is 1320. The monoisotopic (exact) mass is 568 g/mol. The highest BCUT2D eigenvalue weighted by atomic mass is 35.5. The number of carbonyl (C=O) groups is 1. The summed E-state index contributed by atoms with van der Waals surface area (Å²) in [6.45, 7) is 4.73. The first-order valence-electron chi connectivity index (χ1n) is 13.0. The molecular formula is C30H33ClN2O3S2. The molecule has 0 amide bonds. The Labute approximate surface area is 237 Å². The van der Waals surface area contributed by atoms with Crippen LogP contribution in [0.4, 0.5) is 5.69 Å². The van der Waals surface area contributed by atoms with Gasteiger partial charge < -0.3 is 14.8 Å². The second-order valence-corrected chi connectivity index (χ2v) is 12.2. The molecule has 1 N–H and O–H groups in total. The maximum Gasteiger partial charge on any atom is 0.198 e. The van der Waals surface area contributed by atoms with E-state index in [4.69, 9.17) is 21.1 Å². The quantitative estimate of drug-likeness (QED) is 0.138. The molecule has 5 rings (SSSR count). The van der Waals surface area contributed by atoms with Gasteiger partial charge in [-0.3, -0.25) is 4.79 Å². The average molecular weight is 569 g/mol. The molecule has 2 aliphatic rings.